The number of anilines is 1. The van der Waals surface area contributed by atoms with Gasteiger partial charge in [-0.3, -0.25) is 4.79 Å². The van der Waals surface area contributed by atoms with E-state index in [4.69, 9.17) is 22.6 Å². The summed E-state index contributed by atoms with van der Waals surface area (Å²) in [6, 6.07) is 7.05. The average Bonchev–Trinajstić information content (AvgIpc) is 2.14. The SMILES string of the molecule is N#CCCc1ccc(C(=O)Cl)c(N)c1. The molecule has 0 fully saturated rings. The number of nitrogen functional groups attached to an aromatic ring is 1. The van der Waals surface area contributed by atoms with Gasteiger partial charge in [-0.1, -0.05) is 6.07 Å². The molecule has 1 rings (SSSR count). The summed E-state index contributed by atoms with van der Waals surface area (Å²) in [5, 5.41) is 7.82. The van der Waals surface area contributed by atoms with Gasteiger partial charge in [0.1, 0.15) is 0 Å². The maximum atomic E-state index is 10.8. The molecule has 1 aromatic rings. The fourth-order valence-corrected chi connectivity index (χ4v) is 1.32. The molecule has 0 spiro atoms. The van der Waals surface area contributed by atoms with Crippen molar-refractivity contribution in [3.63, 3.8) is 0 Å². The summed E-state index contributed by atoms with van der Waals surface area (Å²) >= 11 is 5.29. The third-order valence-electron chi connectivity index (χ3n) is 1.85. The number of rotatable bonds is 3. The number of halogens is 1. The van der Waals surface area contributed by atoms with Gasteiger partial charge in [0, 0.05) is 12.1 Å². The van der Waals surface area contributed by atoms with Crippen molar-refractivity contribution in [3.8, 4) is 6.07 Å². The van der Waals surface area contributed by atoms with Crippen molar-refractivity contribution in [2.75, 3.05) is 5.73 Å². The van der Waals surface area contributed by atoms with Crippen molar-refractivity contribution >= 4 is 22.5 Å². The van der Waals surface area contributed by atoms with Crippen molar-refractivity contribution in [2.24, 2.45) is 0 Å². The van der Waals surface area contributed by atoms with Gasteiger partial charge in [0.2, 0.25) is 0 Å². The van der Waals surface area contributed by atoms with E-state index in [1.54, 1.807) is 18.2 Å². The van der Waals surface area contributed by atoms with Gasteiger partial charge in [-0.05, 0) is 35.7 Å². The van der Waals surface area contributed by atoms with Crippen LogP contribution in [-0.2, 0) is 6.42 Å². The predicted octanol–water partition coefficient (Wildman–Crippen LogP) is 2.10. The second kappa shape index (κ2) is 4.64. The smallest absolute Gasteiger partial charge is 0.254 e. The van der Waals surface area contributed by atoms with Gasteiger partial charge in [0.15, 0.2) is 0 Å². The molecule has 0 bridgehead atoms. The zero-order valence-corrected chi connectivity index (χ0v) is 8.21. The Morgan fingerprint density at radius 1 is 1.57 bits per heavy atom. The van der Waals surface area contributed by atoms with Gasteiger partial charge in [0.05, 0.1) is 11.6 Å². The Kier molecular flexibility index (Phi) is 3.49. The molecule has 0 unspecified atom stereocenters. The van der Waals surface area contributed by atoms with Gasteiger partial charge in [0.25, 0.3) is 5.24 Å². The van der Waals surface area contributed by atoms with Crippen LogP contribution in [0.15, 0.2) is 18.2 Å². The number of nitrogens with two attached hydrogens (primary N) is 1. The van der Waals surface area contributed by atoms with E-state index in [1.165, 1.54) is 0 Å². The van der Waals surface area contributed by atoms with E-state index >= 15 is 0 Å². The van der Waals surface area contributed by atoms with Gasteiger partial charge in [-0.25, -0.2) is 0 Å². The molecular weight excluding hydrogens is 200 g/mol. The molecule has 0 saturated carbocycles. The van der Waals surface area contributed by atoms with Crippen LogP contribution in [0.3, 0.4) is 0 Å². The van der Waals surface area contributed by atoms with Gasteiger partial charge >= 0.3 is 0 Å². The first kappa shape index (κ1) is 10.6. The number of benzene rings is 1. The highest BCUT2D eigenvalue weighted by Gasteiger charge is 2.06. The molecule has 0 aliphatic heterocycles. The second-order valence-electron chi connectivity index (χ2n) is 2.85. The lowest BCUT2D eigenvalue weighted by Gasteiger charge is -2.03. The van der Waals surface area contributed by atoms with E-state index in [0.29, 0.717) is 24.1 Å². The number of hydrogen-bond donors (Lipinski definition) is 1. The summed E-state index contributed by atoms with van der Waals surface area (Å²) in [5.41, 5.74) is 7.22. The maximum Gasteiger partial charge on any atom is 0.254 e. The number of nitriles is 1. The quantitative estimate of drug-likeness (QED) is 0.611. The fourth-order valence-electron chi connectivity index (χ4n) is 1.15. The Bertz CT molecular complexity index is 396. The molecule has 0 saturated heterocycles. The number of carbonyl (C=O) groups excluding carboxylic acids is 1. The summed E-state index contributed by atoms with van der Waals surface area (Å²) < 4.78 is 0. The summed E-state index contributed by atoms with van der Waals surface area (Å²) in [7, 11) is 0. The molecule has 4 heteroatoms. The van der Waals surface area contributed by atoms with Crippen LogP contribution < -0.4 is 5.73 Å². The summed E-state index contributed by atoms with van der Waals surface area (Å²) in [5.74, 6) is 0. The molecule has 14 heavy (non-hydrogen) atoms. The number of carbonyl (C=O) groups is 1. The Labute approximate surface area is 87.1 Å². The van der Waals surface area contributed by atoms with E-state index in [2.05, 4.69) is 0 Å². The topological polar surface area (TPSA) is 66.9 Å². The molecule has 0 radical (unpaired) electrons. The number of hydrogen-bond acceptors (Lipinski definition) is 3. The molecule has 0 heterocycles. The van der Waals surface area contributed by atoms with Crippen LogP contribution in [0.5, 0.6) is 0 Å². The first-order chi connectivity index (χ1) is 6.65. The van der Waals surface area contributed by atoms with E-state index < -0.39 is 5.24 Å². The summed E-state index contributed by atoms with van der Waals surface area (Å²) in [6.07, 6.45) is 1.07. The monoisotopic (exact) mass is 208 g/mol. The first-order valence-corrected chi connectivity index (χ1v) is 4.48. The van der Waals surface area contributed by atoms with E-state index in [1.807, 2.05) is 6.07 Å². The molecule has 3 nitrogen and oxygen atoms in total. The van der Waals surface area contributed by atoms with Crippen LogP contribution in [0, 0.1) is 11.3 Å². The minimum Gasteiger partial charge on any atom is -0.398 e. The minimum absolute atomic E-state index is 0.312. The minimum atomic E-state index is -0.561. The van der Waals surface area contributed by atoms with Crippen molar-refractivity contribution in [1.29, 1.82) is 5.26 Å². The Balaban J connectivity index is 2.90. The van der Waals surface area contributed by atoms with Crippen LogP contribution in [0.25, 0.3) is 0 Å². The largest absolute Gasteiger partial charge is 0.398 e. The third kappa shape index (κ3) is 2.48. The fraction of sp³-hybridized carbons (Fsp3) is 0.200. The molecule has 0 aliphatic rings. The maximum absolute atomic E-state index is 10.8. The lowest BCUT2D eigenvalue weighted by atomic mass is 10.1. The highest BCUT2D eigenvalue weighted by molar-refractivity contribution is 6.68. The molecule has 0 aromatic heterocycles. The van der Waals surface area contributed by atoms with Crippen LogP contribution in [0.2, 0.25) is 0 Å². The molecule has 0 atom stereocenters. The highest BCUT2D eigenvalue weighted by Crippen LogP contribution is 2.17. The standard InChI is InChI=1S/C10H9ClN2O/c11-10(14)8-4-3-7(2-1-5-12)6-9(8)13/h3-4,6H,1-2,13H2. The van der Waals surface area contributed by atoms with Crippen LogP contribution >= 0.6 is 11.6 Å². The van der Waals surface area contributed by atoms with E-state index in [0.717, 1.165) is 5.56 Å². The molecule has 0 aliphatic carbocycles. The van der Waals surface area contributed by atoms with Crippen LogP contribution in [0.1, 0.15) is 22.3 Å². The highest BCUT2D eigenvalue weighted by atomic mass is 35.5. The van der Waals surface area contributed by atoms with E-state index in [-0.39, 0.29) is 0 Å². The Hall–Kier alpha value is -1.53. The first-order valence-electron chi connectivity index (χ1n) is 4.10. The number of aryl methyl sites for hydroxylation is 1. The predicted molar refractivity (Wildman–Crippen MR) is 55.0 cm³/mol. The third-order valence-corrected chi connectivity index (χ3v) is 2.06. The van der Waals surface area contributed by atoms with Crippen molar-refractivity contribution in [1.82, 2.24) is 0 Å². The van der Waals surface area contributed by atoms with Gasteiger partial charge < -0.3 is 5.73 Å². The zero-order valence-electron chi connectivity index (χ0n) is 7.46. The summed E-state index contributed by atoms with van der Waals surface area (Å²) in [6.45, 7) is 0. The lowest BCUT2D eigenvalue weighted by Crippen LogP contribution is -1.98. The molecule has 72 valence electrons. The molecule has 1 aromatic carbocycles. The molecule has 2 N–H and O–H groups in total. The van der Waals surface area contributed by atoms with Crippen molar-refractivity contribution in [2.45, 2.75) is 12.8 Å². The van der Waals surface area contributed by atoms with Crippen molar-refractivity contribution < 1.29 is 4.79 Å². The normalized spacial score (nSPS) is 9.43. The molecule has 0 amide bonds. The Morgan fingerprint density at radius 3 is 2.79 bits per heavy atom. The second-order valence-corrected chi connectivity index (χ2v) is 3.20. The van der Waals surface area contributed by atoms with E-state index in [9.17, 15) is 4.79 Å². The number of nitrogens with zero attached hydrogens (tertiary/aromatic N) is 1. The van der Waals surface area contributed by atoms with Gasteiger partial charge in [-0.15, -0.1) is 0 Å². The van der Waals surface area contributed by atoms with Crippen molar-refractivity contribution in [3.05, 3.63) is 29.3 Å². The average molecular weight is 209 g/mol. The van der Waals surface area contributed by atoms with Crippen LogP contribution in [0.4, 0.5) is 5.69 Å². The summed E-state index contributed by atoms with van der Waals surface area (Å²) in [4.78, 5) is 10.8. The zero-order chi connectivity index (χ0) is 10.6. The van der Waals surface area contributed by atoms with Gasteiger partial charge in [-0.2, -0.15) is 5.26 Å². The lowest BCUT2D eigenvalue weighted by molar-refractivity contribution is 0.108. The molecular formula is C10H9ClN2O. The Morgan fingerprint density at radius 2 is 2.29 bits per heavy atom. The van der Waals surface area contributed by atoms with Crippen LogP contribution in [-0.4, -0.2) is 5.24 Å².